The predicted molar refractivity (Wildman–Crippen MR) is 67.6 cm³/mol. The van der Waals surface area contributed by atoms with Gasteiger partial charge in [-0.1, -0.05) is 0 Å². The van der Waals surface area contributed by atoms with Gasteiger partial charge in [0.2, 0.25) is 0 Å². The zero-order chi connectivity index (χ0) is 13.6. The lowest BCUT2D eigenvalue weighted by molar-refractivity contribution is 0.574. The fraction of sp³-hybridized carbons (Fsp3) is 0.333. The Morgan fingerprint density at radius 3 is 2.67 bits per heavy atom. The molecule has 0 saturated carbocycles. The van der Waals surface area contributed by atoms with Crippen LogP contribution in [-0.4, -0.2) is 22.7 Å². The molecule has 94 valence electrons. The molecule has 0 saturated heterocycles. The molecule has 0 atom stereocenters. The number of nitriles is 1. The van der Waals surface area contributed by atoms with Crippen LogP contribution in [0.1, 0.15) is 13.8 Å². The smallest absolute Gasteiger partial charge is 0.196 e. The second-order valence-corrected chi connectivity index (χ2v) is 7.13. The van der Waals surface area contributed by atoms with Gasteiger partial charge in [0.05, 0.1) is 28.3 Å². The van der Waals surface area contributed by atoms with E-state index in [-0.39, 0.29) is 4.90 Å². The number of nitrogens with zero attached hydrogens (tertiary/aromatic N) is 3. The van der Waals surface area contributed by atoms with Crippen LogP contribution in [0.3, 0.4) is 0 Å². The SMILES string of the molecule is Cn1cnc2cc(S(=O)(=O)C(C)(C)C#N)ccc21. The Hall–Kier alpha value is -1.87. The van der Waals surface area contributed by atoms with Crippen molar-refractivity contribution < 1.29 is 8.42 Å². The van der Waals surface area contributed by atoms with Crippen LogP contribution in [-0.2, 0) is 16.9 Å². The van der Waals surface area contributed by atoms with Gasteiger partial charge in [-0.3, -0.25) is 0 Å². The zero-order valence-corrected chi connectivity index (χ0v) is 11.2. The molecule has 5 nitrogen and oxygen atoms in total. The fourth-order valence-corrected chi connectivity index (χ4v) is 2.86. The van der Waals surface area contributed by atoms with Crippen molar-refractivity contribution in [1.29, 1.82) is 5.26 Å². The number of aromatic nitrogens is 2. The van der Waals surface area contributed by atoms with Crippen LogP contribution in [0.5, 0.6) is 0 Å². The molecule has 0 aliphatic rings. The highest BCUT2D eigenvalue weighted by atomic mass is 32.2. The maximum absolute atomic E-state index is 12.3. The first-order valence-corrected chi connectivity index (χ1v) is 6.85. The largest absolute Gasteiger partial charge is 0.334 e. The summed E-state index contributed by atoms with van der Waals surface area (Å²) in [5.41, 5.74) is 1.45. The van der Waals surface area contributed by atoms with E-state index >= 15 is 0 Å². The Labute approximate surface area is 106 Å². The van der Waals surface area contributed by atoms with E-state index in [1.54, 1.807) is 17.0 Å². The van der Waals surface area contributed by atoms with E-state index in [1.165, 1.54) is 26.0 Å². The second-order valence-electron chi connectivity index (χ2n) is 4.63. The predicted octanol–water partition coefficient (Wildman–Crippen LogP) is 1.65. The van der Waals surface area contributed by atoms with Crippen LogP contribution < -0.4 is 0 Å². The number of benzene rings is 1. The van der Waals surface area contributed by atoms with Crippen molar-refractivity contribution in [2.45, 2.75) is 23.5 Å². The Kier molecular flexibility index (Phi) is 2.67. The summed E-state index contributed by atoms with van der Waals surface area (Å²) in [5, 5.41) is 8.96. The van der Waals surface area contributed by atoms with Crippen molar-refractivity contribution in [1.82, 2.24) is 9.55 Å². The van der Waals surface area contributed by atoms with Gasteiger partial charge < -0.3 is 4.57 Å². The monoisotopic (exact) mass is 263 g/mol. The van der Waals surface area contributed by atoms with Crippen molar-refractivity contribution in [2.24, 2.45) is 7.05 Å². The molecule has 0 unspecified atom stereocenters. The first-order valence-electron chi connectivity index (χ1n) is 5.36. The van der Waals surface area contributed by atoms with E-state index in [2.05, 4.69) is 4.98 Å². The van der Waals surface area contributed by atoms with Crippen LogP contribution in [0, 0.1) is 11.3 Å². The van der Waals surface area contributed by atoms with Crippen LogP contribution in [0.15, 0.2) is 29.4 Å². The molecule has 0 aliphatic heterocycles. The molecule has 0 bridgehead atoms. The normalized spacial score (nSPS) is 12.6. The summed E-state index contributed by atoms with van der Waals surface area (Å²) in [7, 11) is -1.85. The van der Waals surface area contributed by atoms with Crippen LogP contribution in [0.25, 0.3) is 11.0 Å². The maximum atomic E-state index is 12.3. The molecular weight excluding hydrogens is 250 g/mol. The number of fused-ring (bicyclic) bond motifs is 1. The highest BCUT2D eigenvalue weighted by Gasteiger charge is 2.36. The highest BCUT2D eigenvalue weighted by Crippen LogP contribution is 2.26. The Bertz CT molecular complexity index is 751. The van der Waals surface area contributed by atoms with Gasteiger partial charge >= 0.3 is 0 Å². The van der Waals surface area contributed by atoms with E-state index < -0.39 is 14.6 Å². The van der Waals surface area contributed by atoms with Gasteiger partial charge in [-0.05, 0) is 32.0 Å². The lowest BCUT2D eigenvalue weighted by atomic mass is 10.2. The molecule has 0 N–H and O–H groups in total. The number of hydrogen-bond donors (Lipinski definition) is 0. The molecule has 6 heteroatoms. The van der Waals surface area contributed by atoms with Gasteiger partial charge in [0.25, 0.3) is 0 Å². The molecule has 0 amide bonds. The summed E-state index contributed by atoms with van der Waals surface area (Å²) in [6.07, 6.45) is 1.62. The molecule has 0 aliphatic carbocycles. The fourth-order valence-electron chi connectivity index (χ4n) is 1.64. The third kappa shape index (κ3) is 1.68. The van der Waals surface area contributed by atoms with E-state index in [1.807, 2.05) is 13.1 Å². The first-order chi connectivity index (χ1) is 8.29. The van der Waals surface area contributed by atoms with Gasteiger partial charge in [-0.25, -0.2) is 13.4 Å². The number of imidazole rings is 1. The summed E-state index contributed by atoms with van der Waals surface area (Å²) in [4.78, 5) is 4.24. The molecule has 2 rings (SSSR count). The van der Waals surface area contributed by atoms with E-state index in [9.17, 15) is 8.42 Å². The lowest BCUT2D eigenvalue weighted by Gasteiger charge is -2.16. The standard InChI is InChI=1S/C12H13N3O2S/c1-12(2,7-13)18(16,17)9-4-5-11-10(6-9)14-8-15(11)3/h4-6,8H,1-3H3. The van der Waals surface area contributed by atoms with Gasteiger partial charge in [-0.15, -0.1) is 0 Å². The van der Waals surface area contributed by atoms with Crippen LogP contribution in [0.2, 0.25) is 0 Å². The summed E-state index contributed by atoms with van der Waals surface area (Å²) >= 11 is 0. The molecule has 1 aromatic carbocycles. The molecule has 0 fully saturated rings. The first kappa shape index (κ1) is 12.6. The van der Waals surface area contributed by atoms with E-state index in [0.29, 0.717) is 5.52 Å². The number of rotatable bonds is 2. The molecule has 0 spiro atoms. The van der Waals surface area contributed by atoms with Gasteiger partial charge in [0, 0.05) is 7.05 Å². The minimum Gasteiger partial charge on any atom is -0.334 e. The summed E-state index contributed by atoms with van der Waals surface area (Å²) in [6, 6.07) is 6.53. The molecule has 18 heavy (non-hydrogen) atoms. The summed E-state index contributed by atoms with van der Waals surface area (Å²) in [5.74, 6) is 0. The number of sulfone groups is 1. The van der Waals surface area contributed by atoms with Gasteiger partial charge in [0.1, 0.15) is 0 Å². The maximum Gasteiger partial charge on any atom is 0.196 e. The summed E-state index contributed by atoms with van der Waals surface area (Å²) in [6.45, 7) is 2.79. The average Bonchev–Trinajstić information content (AvgIpc) is 2.70. The quantitative estimate of drug-likeness (QED) is 0.825. The topological polar surface area (TPSA) is 75.8 Å². The van der Waals surface area contributed by atoms with Crippen molar-refractivity contribution in [2.75, 3.05) is 0 Å². The molecule has 0 radical (unpaired) electrons. The number of hydrogen-bond acceptors (Lipinski definition) is 4. The Morgan fingerprint density at radius 1 is 1.39 bits per heavy atom. The molecular formula is C12H13N3O2S. The van der Waals surface area contributed by atoms with Gasteiger partial charge in [0.15, 0.2) is 14.6 Å². The zero-order valence-electron chi connectivity index (χ0n) is 10.4. The van der Waals surface area contributed by atoms with Crippen molar-refractivity contribution in [3.05, 3.63) is 24.5 Å². The minimum atomic E-state index is -3.68. The van der Waals surface area contributed by atoms with Crippen molar-refractivity contribution in [3.63, 3.8) is 0 Å². The van der Waals surface area contributed by atoms with Gasteiger partial charge in [-0.2, -0.15) is 5.26 Å². The number of aryl methyl sites for hydroxylation is 1. The Balaban J connectivity index is 2.67. The highest BCUT2D eigenvalue weighted by molar-refractivity contribution is 7.93. The molecule has 1 aromatic heterocycles. The van der Waals surface area contributed by atoms with E-state index in [4.69, 9.17) is 5.26 Å². The van der Waals surface area contributed by atoms with Crippen molar-refractivity contribution >= 4 is 20.9 Å². The molecule has 2 aromatic rings. The van der Waals surface area contributed by atoms with E-state index in [0.717, 1.165) is 5.52 Å². The van der Waals surface area contributed by atoms with Crippen molar-refractivity contribution in [3.8, 4) is 6.07 Å². The third-order valence-electron chi connectivity index (χ3n) is 2.95. The average molecular weight is 263 g/mol. The summed E-state index contributed by atoms with van der Waals surface area (Å²) < 4.78 is 24.9. The molecule has 1 heterocycles. The second kappa shape index (κ2) is 3.82. The Morgan fingerprint density at radius 2 is 2.06 bits per heavy atom. The lowest BCUT2D eigenvalue weighted by Crippen LogP contribution is -2.29. The van der Waals surface area contributed by atoms with Crippen LogP contribution >= 0.6 is 0 Å². The minimum absolute atomic E-state index is 0.125. The van der Waals surface area contributed by atoms with Crippen LogP contribution in [0.4, 0.5) is 0 Å². The third-order valence-corrected chi connectivity index (χ3v) is 5.26.